The van der Waals surface area contributed by atoms with E-state index in [1.807, 2.05) is 0 Å². The van der Waals surface area contributed by atoms with Gasteiger partial charge in [0.25, 0.3) is 0 Å². The normalized spacial score (nSPS) is 33.1. The van der Waals surface area contributed by atoms with Crippen molar-refractivity contribution in [3.8, 4) is 0 Å². The number of hydrogen-bond donors (Lipinski definition) is 2. The van der Waals surface area contributed by atoms with Crippen molar-refractivity contribution in [1.82, 2.24) is 4.90 Å². The smallest absolute Gasteiger partial charge is 0.0558 e. The highest BCUT2D eigenvalue weighted by Gasteiger charge is 2.36. The Morgan fingerprint density at radius 2 is 1.80 bits per heavy atom. The second-order valence-corrected chi connectivity index (χ2v) is 4.79. The van der Waals surface area contributed by atoms with Gasteiger partial charge in [0.1, 0.15) is 0 Å². The van der Waals surface area contributed by atoms with Crippen molar-refractivity contribution >= 4 is 0 Å². The Kier molecular flexibility index (Phi) is 3.78. The summed E-state index contributed by atoms with van der Waals surface area (Å²) >= 11 is 0. The van der Waals surface area contributed by atoms with E-state index in [0.717, 1.165) is 24.3 Å². The Morgan fingerprint density at radius 3 is 2.27 bits per heavy atom. The van der Waals surface area contributed by atoms with Crippen molar-refractivity contribution in [1.29, 1.82) is 0 Å². The van der Waals surface area contributed by atoms with Crippen LogP contribution in [0.25, 0.3) is 0 Å². The minimum atomic E-state index is 0.191. The molecule has 2 bridgehead atoms. The summed E-state index contributed by atoms with van der Waals surface area (Å²) in [6.45, 7) is 2.80. The van der Waals surface area contributed by atoms with Gasteiger partial charge in [-0.1, -0.05) is 12.2 Å². The summed E-state index contributed by atoms with van der Waals surface area (Å²) in [5, 5.41) is 17.9. The molecule has 3 atom stereocenters. The lowest BCUT2D eigenvalue weighted by Gasteiger charge is -2.27. The molecule has 3 nitrogen and oxygen atoms in total. The monoisotopic (exact) mass is 211 g/mol. The Hall–Kier alpha value is -0.380. The van der Waals surface area contributed by atoms with Gasteiger partial charge < -0.3 is 10.2 Å². The van der Waals surface area contributed by atoms with Crippen LogP contribution in [0, 0.1) is 17.8 Å². The van der Waals surface area contributed by atoms with Crippen LogP contribution in [0.15, 0.2) is 12.2 Å². The second-order valence-electron chi connectivity index (χ2n) is 4.79. The fourth-order valence-corrected chi connectivity index (χ4v) is 3.01. The van der Waals surface area contributed by atoms with Crippen molar-refractivity contribution < 1.29 is 10.2 Å². The average molecular weight is 211 g/mol. The van der Waals surface area contributed by atoms with E-state index in [1.165, 1.54) is 12.8 Å². The van der Waals surface area contributed by atoms with E-state index in [0.29, 0.717) is 13.1 Å². The lowest BCUT2D eigenvalue weighted by Crippen LogP contribution is -2.35. The third kappa shape index (κ3) is 2.60. The van der Waals surface area contributed by atoms with Gasteiger partial charge in [-0.05, 0) is 30.6 Å². The summed E-state index contributed by atoms with van der Waals surface area (Å²) in [5.41, 5.74) is 0. The standard InChI is InChI=1S/C12H21NO2/c14-5-3-13(4-6-15)9-12-8-10-1-2-11(12)7-10/h1-2,10-12,14-15H,3-9H2/t10-,11-,12+/m1/s1. The first-order valence-electron chi connectivity index (χ1n) is 5.96. The van der Waals surface area contributed by atoms with E-state index >= 15 is 0 Å². The van der Waals surface area contributed by atoms with Crippen LogP contribution in [0.1, 0.15) is 12.8 Å². The number of fused-ring (bicyclic) bond motifs is 2. The molecule has 0 aromatic heterocycles. The van der Waals surface area contributed by atoms with Gasteiger partial charge in [-0.15, -0.1) is 0 Å². The third-order valence-corrected chi connectivity index (χ3v) is 3.74. The molecular formula is C12H21NO2. The van der Waals surface area contributed by atoms with E-state index in [-0.39, 0.29) is 13.2 Å². The molecule has 0 aliphatic heterocycles. The molecule has 1 saturated carbocycles. The quantitative estimate of drug-likeness (QED) is 0.628. The Bertz CT molecular complexity index is 224. The molecule has 15 heavy (non-hydrogen) atoms. The molecule has 0 aromatic rings. The SMILES string of the molecule is OCCN(CCO)C[C@@H]1C[C@@H]2C=C[C@@H]1C2. The number of rotatable bonds is 6. The number of nitrogens with zero attached hydrogens (tertiary/aromatic N) is 1. The molecule has 0 saturated heterocycles. The van der Waals surface area contributed by atoms with Gasteiger partial charge in [0.15, 0.2) is 0 Å². The lowest BCUT2D eigenvalue weighted by atomic mass is 9.93. The van der Waals surface area contributed by atoms with Crippen LogP contribution < -0.4 is 0 Å². The van der Waals surface area contributed by atoms with Crippen LogP contribution in [0.5, 0.6) is 0 Å². The van der Waals surface area contributed by atoms with E-state index in [4.69, 9.17) is 10.2 Å². The minimum absolute atomic E-state index is 0.191. The van der Waals surface area contributed by atoms with E-state index in [1.54, 1.807) is 0 Å². The van der Waals surface area contributed by atoms with Crippen LogP contribution in [0.4, 0.5) is 0 Å². The number of hydrogen-bond acceptors (Lipinski definition) is 3. The molecule has 0 radical (unpaired) electrons. The van der Waals surface area contributed by atoms with Crippen LogP contribution in [0.2, 0.25) is 0 Å². The Balaban J connectivity index is 1.81. The topological polar surface area (TPSA) is 43.7 Å². The molecule has 2 rings (SSSR count). The largest absolute Gasteiger partial charge is 0.395 e. The molecular weight excluding hydrogens is 190 g/mol. The molecule has 2 N–H and O–H groups in total. The highest BCUT2D eigenvalue weighted by atomic mass is 16.3. The zero-order valence-electron chi connectivity index (χ0n) is 9.18. The molecule has 1 fully saturated rings. The fourth-order valence-electron chi connectivity index (χ4n) is 3.01. The first-order valence-corrected chi connectivity index (χ1v) is 5.96. The summed E-state index contributed by atoms with van der Waals surface area (Å²) in [5.74, 6) is 2.32. The van der Waals surface area contributed by atoms with Gasteiger partial charge in [0.05, 0.1) is 13.2 Å². The summed E-state index contributed by atoms with van der Waals surface area (Å²) in [4.78, 5) is 2.18. The number of aliphatic hydroxyl groups excluding tert-OH is 2. The minimum Gasteiger partial charge on any atom is -0.395 e. The lowest BCUT2D eigenvalue weighted by molar-refractivity contribution is 0.138. The summed E-state index contributed by atoms with van der Waals surface area (Å²) in [6, 6.07) is 0. The van der Waals surface area contributed by atoms with Gasteiger partial charge >= 0.3 is 0 Å². The maximum absolute atomic E-state index is 8.93. The van der Waals surface area contributed by atoms with Crippen molar-refractivity contribution in [3.05, 3.63) is 12.2 Å². The zero-order chi connectivity index (χ0) is 10.7. The van der Waals surface area contributed by atoms with Gasteiger partial charge in [-0.3, -0.25) is 4.90 Å². The van der Waals surface area contributed by atoms with Crippen molar-refractivity contribution in [2.45, 2.75) is 12.8 Å². The van der Waals surface area contributed by atoms with Crippen LogP contribution in [-0.4, -0.2) is 48.0 Å². The van der Waals surface area contributed by atoms with E-state index in [2.05, 4.69) is 17.1 Å². The van der Waals surface area contributed by atoms with Crippen LogP contribution >= 0.6 is 0 Å². The molecule has 0 aromatic carbocycles. The van der Waals surface area contributed by atoms with Gasteiger partial charge in [0.2, 0.25) is 0 Å². The molecule has 0 spiro atoms. The fraction of sp³-hybridized carbons (Fsp3) is 0.833. The third-order valence-electron chi connectivity index (χ3n) is 3.74. The Morgan fingerprint density at radius 1 is 1.07 bits per heavy atom. The first kappa shape index (κ1) is 11.1. The predicted molar refractivity (Wildman–Crippen MR) is 59.5 cm³/mol. The van der Waals surface area contributed by atoms with Gasteiger partial charge in [0, 0.05) is 19.6 Å². The molecule has 86 valence electrons. The summed E-state index contributed by atoms with van der Waals surface area (Å²) in [7, 11) is 0. The maximum atomic E-state index is 8.93. The number of allylic oxidation sites excluding steroid dienone is 2. The molecule has 0 unspecified atom stereocenters. The first-order chi connectivity index (χ1) is 7.33. The van der Waals surface area contributed by atoms with Gasteiger partial charge in [-0.2, -0.15) is 0 Å². The van der Waals surface area contributed by atoms with E-state index < -0.39 is 0 Å². The predicted octanol–water partition coefficient (Wildman–Crippen LogP) is 0.485. The van der Waals surface area contributed by atoms with E-state index in [9.17, 15) is 0 Å². The zero-order valence-corrected chi connectivity index (χ0v) is 9.18. The van der Waals surface area contributed by atoms with Crippen molar-refractivity contribution in [2.24, 2.45) is 17.8 Å². The molecule has 2 aliphatic rings. The van der Waals surface area contributed by atoms with Crippen molar-refractivity contribution in [3.63, 3.8) is 0 Å². The summed E-state index contributed by atoms with van der Waals surface area (Å²) in [6.07, 6.45) is 7.34. The molecule has 0 amide bonds. The summed E-state index contributed by atoms with van der Waals surface area (Å²) < 4.78 is 0. The maximum Gasteiger partial charge on any atom is 0.0558 e. The highest BCUT2D eigenvalue weighted by molar-refractivity contribution is 5.10. The average Bonchev–Trinajstić information content (AvgIpc) is 2.80. The van der Waals surface area contributed by atoms with Crippen molar-refractivity contribution in [2.75, 3.05) is 32.8 Å². The molecule has 3 heteroatoms. The van der Waals surface area contributed by atoms with Crippen LogP contribution in [0.3, 0.4) is 0 Å². The Labute approximate surface area is 91.4 Å². The van der Waals surface area contributed by atoms with Gasteiger partial charge in [-0.25, -0.2) is 0 Å². The molecule has 0 heterocycles. The number of aliphatic hydroxyl groups is 2. The highest BCUT2D eigenvalue weighted by Crippen LogP contribution is 2.43. The molecule has 2 aliphatic carbocycles. The second kappa shape index (κ2) is 5.10. The van der Waals surface area contributed by atoms with Crippen LogP contribution in [-0.2, 0) is 0 Å².